The van der Waals surface area contributed by atoms with Crippen molar-refractivity contribution in [1.82, 2.24) is 14.9 Å². The number of rotatable bonds is 5. The van der Waals surface area contributed by atoms with Crippen LogP contribution in [0.4, 0.5) is 4.79 Å². The summed E-state index contributed by atoms with van der Waals surface area (Å²) in [5.74, 6) is 0.617. The number of hydrazine groups is 1. The molecule has 8 heteroatoms. The lowest BCUT2D eigenvalue weighted by Crippen LogP contribution is -2.55. The standard InChI is InChI=1S/C20H33N3O5/c1-15(2)16(17(25)26)23(12-13-24)22-10-7-20(8-11-22)6-9-21(14-20)18(27)28-19(3,4)5/h12,15-16H,6-11,14H2,1-5H3,(H,25,26)/t16-/m0/s1. The predicted octanol–water partition coefficient (Wildman–Crippen LogP) is 2.38. The Labute approximate surface area is 167 Å². The van der Waals surface area contributed by atoms with Gasteiger partial charge in [0.05, 0.1) is 0 Å². The topological polar surface area (TPSA) is 90.4 Å². The summed E-state index contributed by atoms with van der Waals surface area (Å²) in [4.78, 5) is 36.8. The van der Waals surface area contributed by atoms with Gasteiger partial charge in [-0.3, -0.25) is 5.01 Å². The van der Waals surface area contributed by atoms with E-state index in [1.807, 2.05) is 39.6 Å². The molecule has 2 heterocycles. The first kappa shape index (κ1) is 22.2. The largest absolute Gasteiger partial charge is 0.480 e. The van der Waals surface area contributed by atoms with Crippen LogP contribution in [0.1, 0.15) is 53.9 Å². The zero-order chi connectivity index (χ0) is 21.1. The molecule has 1 amide bonds. The first-order chi connectivity index (χ1) is 13.0. The maximum atomic E-state index is 12.4. The Morgan fingerprint density at radius 3 is 2.21 bits per heavy atom. The Bertz CT molecular complexity index is 628. The zero-order valence-electron chi connectivity index (χ0n) is 17.6. The van der Waals surface area contributed by atoms with Gasteiger partial charge in [-0.1, -0.05) is 13.8 Å². The van der Waals surface area contributed by atoms with E-state index < -0.39 is 17.6 Å². The molecule has 1 N–H and O–H groups in total. The molecule has 2 rings (SSSR count). The van der Waals surface area contributed by atoms with E-state index in [4.69, 9.17) is 4.74 Å². The Kier molecular flexibility index (Phi) is 6.78. The van der Waals surface area contributed by atoms with E-state index in [0.717, 1.165) is 19.3 Å². The third-order valence-corrected chi connectivity index (χ3v) is 5.57. The van der Waals surface area contributed by atoms with Crippen molar-refractivity contribution >= 4 is 18.0 Å². The molecule has 0 saturated carbocycles. The first-order valence-electron chi connectivity index (χ1n) is 9.93. The fourth-order valence-electron chi connectivity index (χ4n) is 4.12. The SMILES string of the molecule is CC(C)[C@@H](C(=O)O)N(C=C=O)N1CCC2(CCN(C(=O)OC(C)(C)C)C2)CC1. The molecule has 1 atom stereocenters. The van der Waals surface area contributed by atoms with Gasteiger partial charge in [-0.15, -0.1) is 0 Å². The number of hydrogen-bond acceptors (Lipinski definition) is 6. The number of carboxylic acid groups (broad SMARTS) is 1. The van der Waals surface area contributed by atoms with E-state index in [9.17, 15) is 19.5 Å². The first-order valence-corrected chi connectivity index (χ1v) is 9.93. The number of carbonyl (C=O) groups is 2. The van der Waals surface area contributed by atoms with Crippen LogP contribution in [0, 0.1) is 11.3 Å². The van der Waals surface area contributed by atoms with Crippen molar-refractivity contribution in [3.8, 4) is 0 Å². The summed E-state index contributed by atoms with van der Waals surface area (Å²) in [6.07, 6.45) is 3.50. The predicted molar refractivity (Wildman–Crippen MR) is 104 cm³/mol. The lowest BCUT2D eigenvalue weighted by molar-refractivity contribution is -0.154. The lowest BCUT2D eigenvalue weighted by atomic mass is 9.78. The van der Waals surface area contributed by atoms with Gasteiger partial charge in [-0.05, 0) is 51.4 Å². The van der Waals surface area contributed by atoms with Crippen LogP contribution < -0.4 is 0 Å². The highest BCUT2D eigenvalue weighted by Crippen LogP contribution is 2.41. The van der Waals surface area contributed by atoms with Gasteiger partial charge in [0.2, 0.25) is 0 Å². The molecule has 0 aromatic heterocycles. The zero-order valence-corrected chi connectivity index (χ0v) is 17.6. The summed E-state index contributed by atoms with van der Waals surface area (Å²) < 4.78 is 5.49. The number of amides is 1. The fourth-order valence-corrected chi connectivity index (χ4v) is 4.12. The van der Waals surface area contributed by atoms with Crippen molar-refractivity contribution in [1.29, 1.82) is 0 Å². The third-order valence-electron chi connectivity index (χ3n) is 5.57. The van der Waals surface area contributed by atoms with Gasteiger partial charge in [-0.25, -0.2) is 19.4 Å². The average molecular weight is 396 g/mol. The van der Waals surface area contributed by atoms with Crippen molar-refractivity contribution < 1.29 is 24.2 Å². The molecule has 2 fully saturated rings. The maximum Gasteiger partial charge on any atom is 0.410 e. The number of carbonyl (C=O) groups excluding carboxylic acids is 2. The summed E-state index contributed by atoms with van der Waals surface area (Å²) in [6, 6.07) is -0.808. The molecule has 2 aliphatic heterocycles. The van der Waals surface area contributed by atoms with E-state index in [-0.39, 0.29) is 17.4 Å². The number of ether oxygens (including phenoxy) is 1. The van der Waals surface area contributed by atoms with Gasteiger partial charge < -0.3 is 14.7 Å². The third kappa shape index (κ3) is 5.26. The average Bonchev–Trinajstić information content (AvgIpc) is 2.97. The van der Waals surface area contributed by atoms with Crippen molar-refractivity contribution in [2.24, 2.45) is 11.3 Å². The quantitative estimate of drug-likeness (QED) is 0.715. The lowest BCUT2D eigenvalue weighted by Gasteiger charge is -2.45. The van der Waals surface area contributed by atoms with Crippen molar-refractivity contribution in [2.75, 3.05) is 26.2 Å². The fraction of sp³-hybridized carbons (Fsp3) is 0.800. The molecular formula is C20H33N3O5. The minimum Gasteiger partial charge on any atom is -0.480 e. The minimum absolute atomic E-state index is 0.0283. The highest BCUT2D eigenvalue weighted by molar-refractivity contribution is 5.74. The van der Waals surface area contributed by atoms with E-state index in [1.54, 1.807) is 10.8 Å². The Balaban J connectivity index is 2.02. The molecule has 2 saturated heterocycles. The molecule has 158 valence electrons. The number of nitrogens with zero attached hydrogens (tertiary/aromatic N) is 3. The highest BCUT2D eigenvalue weighted by atomic mass is 16.6. The molecule has 0 radical (unpaired) electrons. The molecule has 2 aliphatic rings. The van der Waals surface area contributed by atoms with Gasteiger partial charge in [0, 0.05) is 26.2 Å². The molecule has 0 aromatic rings. The van der Waals surface area contributed by atoms with Crippen molar-refractivity contribution in [3.63, 3.8) is 0 Å². The molecule has 0 unspecified atom stereocenters. The van der Waals surface area contributed by atoms with Crippen LogP contribution in [0.5, 0.6) is 0 Å². The molecule has 0 aliphatic carbocycles. The Morgan fingerprint density at radius 2 is 1.75 bits per heavy atom. The van der Waals surface area contributed by atoms with Crippen LogP contribution in [0.25, 0.3) is 0 Å². The number of hydrogen-bond donors (Lipinski definition) is 1. The van der Waals surface area contributed by atoms with Crippen molar-refractivity contribution in [2.45, 2.75) is 65.5 Å². The van der Waals surface area contributed by atoms with Crippen LogP contribution in [-0.2, 0) is 14.3 Å². The van der Waals surface area contributed by atoms with Gasteiger partial charge in [0.1, 0.15) is 23.8 Å². The summed E-state index contributed by atoms with van der Waals surface area (Å²) in [7, 11) is 0. The Hall–Kier alpha value is -2.05. The van der Waals surface area contributed by atoms with Crippen LogP contribution in [0.2, 0.25) is 0 Å². The van der Waals surface area contributed by atoms with Gasteiger partial charge in [0.25, 0.3) is 0 Å². The van der Waals surface area contributed by atoms with Gasteiger partial charge >= 0.3 is 12.1 Å². The highest BCUT2D eigenvalue weighted by Gasteiger charge is 2.44. The molecule has 8 nitrogen and oxygen atoms in total. The summed E-state index contributed by atoms with van der Waals surface area (Å²) >= 11 is 0. The Morgan fingerprint density at radius 1 is 1.18 bits per heavy atom. The molecule has 28 heavy (non-hydrogen) atoms. The number of likely N-dealkylation sites (tertiary alicyclic amines) is 1. The molecular weight excluding hydrogens is 362 g/mol. The minimum atomic E-state index is -0.959. The van der Waals surface area contributed by atoms with Crippen molar-refractivity contribution in [3.05, 3.63) is 6.20 Å². The van der Waals surface area contributed by atoms with Crippen LogP contribution in [-0.4, -0.2) is 75.9 Å². The summed E-state index contributed by atoms with van der Waals surface area (Å²) in [5.41, 5.74) is -0.485. The van der Waals surface area contributed by atoms with E-state index in [1.165, 1.54) is 11.2 Å². The summed E-state index contributed by atoms with van der Waals surface area (Å²) in [6.45, 7) is 11.8. The van der Waals surface area contributed by atoms with Crippen LogP contribution in [0.3, 0.4) is 0 Å². The molecule has 0 aromatic carbocycles. The molecule has 1 spiro atoms. The number of carboxylic acids is 1. The van der Waals surface area contributed by atoms with E-state index in [2.05, 4.69) is 0 Å². The van der Waals surface area contributed by atoms with E-state index in [0.29, 0.717) is 26.2 Å². The monoisotopic (exact) mass is 395 g/mol. The van der Waals surface area contributed by atoms with Crippen LogP contribution >= 0.6 is 0 Å². The normalized spacial score (nSPS) is 20.7. The molecule has 0 bridgehead atoms. The second-order valence-electron chi connectivity index (χ2n) is 9.26. The van der Waals surface area contributed by atoms with Gasteiger partial charge in [-0.2, -0.15) is 0 Å². The van der Waals surface area contributed by atoms with Gasteiger partial charge in [0.15, 0.2) is 0 Å². The number of piperidine rings is 1. The number of aliphatic carboxylic acids is 1. The van der Waals surface area contributed by atoms with E-state index >= 15 is 0 Å². The smallest absolute Gasteiger partial charge is 0.410 e. The van der Waals surface area contributed by atoms with Crippen LogP contribution in [0.15, 0.2) is 6.20 Å². The summed E-state index contributed by atoms with van der Waals surface area (Å²) in [5, 5.41) is 13.0. The maximum absolute atomic E-state index is 12.4. The second-order valence-corrected chi connectivity index (χ2v) is 9.26. The second kappa shape index (κ2) is 8.53.